The van der Waals surface area contributed by atoms with Gasteiger partial charge in [0.2, 0.25) is 0 Å². The second kappa shape index (κ2) is 5.93. The number of hydrogen-bond acceptors (Lipinski definition) is 2. The summed E-state index contributed by atoms with van der Waals surface area (Å²) in [7, 11) is 0. The maximum absolute atomic E-state index is 13.4. The third-order valence-electron chi connectivity index (χ3n) is 1.84. The van der Waals surface area contributed by atoms with Crippen LogP contribution in [0.25, 0.3) is 0 Å². The van der Waals surface area contributed by atoms with E-state index in [1.54, 1.807) is 12.1 Å². The van der Waals surface area contributed by atoms with E-state index in [9.17, 15) is 4.39 Å². The lowest BCUT2D eigenvalue weighted by molar-refractivity contribution is 0.227. The Morgan fingerprint density at radius 2 is 1.87 bits per heavy atom. The number of nitrogens with two attached hydrogens (primary N) is 1. The van der Waals surface area contributed by atoms with Crippen LogP contribution in [0.4, 0.5) is 4.39 Å². The molecule has 0 fully saturated rings. The minimum Gasteiger partial charge on any atom is -0.488 e. The quantitative estimate of drug-likeness (QED) is 0.871. The third-order valence-corrected chi connectivity index (χ3v) is 1.84. The van der Waals surface area contributed by atoms with E-state index in [1.165, 1.54) is 6.07 Å². The number of hydrogen-bond donors (Lipinski definition) is 1. The van der Waals surface area contributed by atoms with Crippen LogP contribution in [0.3, 0.4) is 0 Å². The molecule has 0 aliphatic rings. The average molecular weight is 234 g/mol. The summed E-state index contributed by atoms with van der Waals surface area (Å²) in [6.07, 6.45) is -0.0515. The van der Waals surface area contributed by atoms with Crippen molar-refractivity contribution in [3.8, 4) is 5.75 Å². The normalized spacial score (nSPS) is 12.1. The Morgan fingerprint density at radius 3 is 2.33 bits per heavy atom. The lowest BCUT2D eigenvalue weighted by Crippen LogP contribution is -2.13. The molecule has 0 saturated carbocycles. The van der Waals surface area contributed by atoms with Crippen molar-refractivity contribution in [2.75, 3.05) is 0 Å². The number of rotatable bonds is 3. The topological polar surface area (TPSA) is 35.2 Å². The van der Waals surface area contributed by atoms with Crippen LogP contribution in [0.2, 0.25) is 0 Å². The van der Waals surface area contributed by atoms with Crippen LogP contribution in [0.15, 0.2) is 18.2 Å². The third kappa shape index (κ3) is 3.68. The first-order chi connectivity index (χ1) is 6.52. The van der Waals surface area contributed by atoms with E-state index in [4.69, 9.17) is 10.5 Å². The van der Waals surface area contributed by atoms with Gasteiger partial charge in [0.05, 0.1) is 6.10 Å². The van der Waals surface area contributed by atoms with Crippen molar-refractivity contribution < 1.29 is 9.13 Å². The summed E-state index contributed by atoms with van der Waals surface area (Å²) < 4.78 is 18.8. The van der Waals surface area contributed by atoms with Gasteiger partial charge in [-0.05, 0) is 26.8 Å². The van der Waals surface area contributed by atoms with Gasteiger partial charge in [-0.3, -0.25) is 0 Å². The highest BCUT2D eigenvalue weighted by molar-refractivity contribution is 5.85. The molecule has 1 rings (SSSR count). The molecule has 1 aromatic rings. The molecule has 0 amide bonds. The average Bonchev–Trinajstić information content (AvgIpc) is 2.07. The predicted molar refractivity (Wildman–Crippen MR) is 62.0 cm³/mol. The Balaban J connectivity index is 0.00000196. The molecule has 0 aliphatic heterocycles. The number of halogens is 2. The molecular formula is C11H17ClFNO. The Bertz CT molecular complexity index is 315. The van der Waals surface area contributed by atoms with E-state index in [0.29, 0.717) is 5.56 Å². The molecule has 0 heterocycles. The molecule has 0 aromatic heterocycles. The second-order valence-corrected chi connectivity index (χ2v) is 3.61. The zero-order chi connectivity index (χ0) is 10.7. The summed E-state index contributed by atoms with van der Waals surface area (Å²) in [6, 6.07) is 4.58. The van der Waals surface area contributed by atoms with E-state index in [2.05, 4.69) is 0 Å². The molecule has 1 unspecified atom stereocenters. The van der Waals surface area contributed by atoms with Crippen LogP contribution in [0.1, 0.15) is 32.4 Å². The van der Waals surface area contributed by atoms with Gasteiger partial charge in [-0.1, -0.05) is 12.1 Å². The van der Waals surface area contributed by atoms with Crippen LogP contribution >= 0.6 is 12.4 Å². The molecule has 0 radical (unpaired) electrons. The van der Waals surface area contributed by atoms with Gasteiger partial charge in [-0.15, -0.1) is 12.4 Å². The summed E-state index contributed by atoms with van der Waals surface area (Å²) in [6.45, 7) is 5.52. The molecule has 1 atom stereocenters. The molecule has 15 heavy (non-hydrogen) atoms. The van der Waals surface area contributed by atoms with E-state index >= 15 is 0 Å². The first-order valence-corrected chi connectivity index (χ1v) is 4.73. The number of ether oxygens (including phenoxy) is 1. The lowest BCUT2D eigenvalue weighted by atomic mass is 10.1. The minimum absolute atomic E-state index is 0. The van der Waals surface area contributed by atoms with Gasteiger partial charge in [0.15, 0.2) is 11.6 Å². The molecule has 4 heteroatoms. The molecule has 2 nitrogen and oxygen atoms in total. The Kier molecular flexibility index (Phi) is 5.61. The van der Waals surface area contributed by atoms with Gasteiger partial charge in [0.25, 0.3) is 0 Å². The smallest absolute Gasteiger partial charge is 0.165 e. The highest BCUT2D eigenvalue weighted by atomic mass is 35.5. The molecule has 2 N–H and O–H groups in total. The summed E-state index contributed by atoms with van der Waals surface area (Å²) in [5.74, 6) is -0.0778. The lowest BCUT2D eigenvalue weighted by Gasteiger charge is -2.16. The van der Waals surface area contributed by atoms with Crippen molar-refractivity contribution in [2.24, 2.45) is 5.73 Å². The number of para-hydroxylation sites is 1. The van der Waals surface area contributed by atoms with Crippen LogP contribution in [0, 0.1) is 5.82 Å². The molecule has 86 valence electrons. The van der Waals surface area contributed by atoms with Crippen molar-refractivity contribution in [1.29, 1.82) is 0 Å². The van der Waals surface area contributed by atoms with Crippen LogP contribution < -0.4 is 10.5 Å². The van der Waals surface area contributed by atoms with Gasteiger partial charge >= 0.3 is 0 Å². The first-order valence-electron chi connectivity index (χ1n) is 4.73. The van der Waals surface area contributed by atoms with Gasteiger partial charge < -0.3 is 10.5 Å². The largest absolute Gasteiger partial charge is 0.488 e. The fourth-order valence-electron chi connectivity index (χ4n) is 1.24. The molecule has 0 spiro atoms. The first kappa shape index (κ1) is 14.2. The molecular weight excluding hydrogens is 217 g/mol. The highest BCUT2D eigenvalue weighted by Crippen LogP contribution is 2.27. The summed E-state index contributed by atoms with van der Waals surface area (Å²) >= 11 is 0. The molecule has 1 aromatic carbocycles. The van der Waals surface area contributed by atoms with Crippen molar-refractivity contribution >= 4 is 12.4 Å². The van der Waals surface area contributed by atoms with Crippen LogP contribution in [-0.2, 0) is 0 Å². The summed E-state index contributed by atoms with van der Waals surface area (Å²) in [4.78, 5) is 0. The van der Waals surface area contributed by atoms with E-state index in [0.717, 1.165) is 0 Å². The number of benzene rings is 1. The monoisotopic (exact) mass is 233 g/mol. The highest BCUT2D eigenvalue weighted by Gasteiger charge is 2.13. The molecule has 0 aliphatic carbocycles. The van der Waals surface area contributed by atoms with E-state index < -0.39 is 0 Å². The Morgan fingerprint density at radius 1 is 1.27 bits per heavy atom. The van der Waals surface area contributed by atoms with Crippen molar-refractivity contribution in [3.63, 3.8) is 0 Å². The van der Waals surface area contributed by atoms with Gasteiger partial charge in [-0.25, -0.2) is 4.39 Å². The molecule has 0 saturated heterocycles. The second-order valence-electron chi connectivity index (χ2n) is 3.61. The van der Waals surface area contributed by atoms with E-state index in [-0.39, 0.29) is 36.1 Å². The van der Waals surface area contributed by atoms with Gasteiger partial charge in [0.1, 0.15) is 0 Å². The minimum atomic E-state index is -0.353. The molecule has 0 bridgehead atoms. The van der Waals surface area contributed by atoms with Crippen molar-refractivity contribution in [1.82, 2.24) is 0 Å². The van der Waals surface area contributed by atoms with Crippen LogP contribution in [0.5, 0.6) is 5.75 Å². The maximum atomic E-state index is 13.4. The zero-order valence-electron chi connectivity index (χ0n) is 9.16. The SMILES string of the molecule is CC(C)Oc1c(F)cccc1C(C)N.Cl. The van der Waals surface area contributed by atoms with Crippen molar-refractivity contribution in [2.45, 2.75) is 32.9 Å². The zero-order valence-corrected chi connectivity index (χ0v) is 9.98. The van der Waals surface area contributed by atoms with Gasteiger partial charge in [-0.2, -0.15) is 0 Å². The summed E-state index contributed by atoms with van der Waals surface area (Å²) in [5, 5.41) is 0. The van der Waals surface area contributed by atoms with Gasteiger partial charge in [0, 0.05) is 11.6 Å². The fourth-order valence-corrected chi connectivity index (χ4v) is 1.24. The van der Waals surface area contributed by atoms with Crippen LogP contribution in [-0.4, -0.2) is 6.10 Å². The standard InChI is InChI=1S/C11H16FNO.ClH/c1-7(2)14-11-9(8(3)13)5-4-6-10(11)12;/h4-8H,13H2,1-3H3;1H. The maximum Gasteiger partial charge on any atom is 0.165 e. The predicted octanol–water partition coefficient (Wildman–Crippen LogP) is 3.05. The van der Waals surface area contributed by atoms with Crippen molar-refractivity contribution in [3.05, 3.63) is 29.6 Å². The fraction of sp³-hybridized carbons (Fsp3) is 0.455. The Labute approximate surface area is 96.0 Å². The van der Waals surface area contributed by atoms with E-state index in [1.807, 2.05) is 20.8 Å². The Hall–Kier alpha value is -0.800. The summed E-state index contributed by atoms with van der Waals surface area (Å²) in [5.41, 5.74) is 6.42.